The van der Waals surface area contributed by atoms with Gasteiger partial charge in [-0.25, -0.2) is 9.13 Å². The first-order valence-electron chi connectivity index (χ1n) is 7.79. The van der Waals surface area contributed by atoms with Crippen LogP contribution in [0.3, 0.4) is 0 Å². The molecule has 0 spiro atoms. The van der Waals surface area contributed by atoms with E-state index in [0.717, 1.165) is 6.54 Å². The third-order valence-electron chi connectivity index (χ3n) is 3.62. The van der Waals surface area contributed by atoms with Crippen molar-refractivity contribution < 1.29 is 4.57 Å². The van der Waals surface area contributed by atoms with Crippen LogP contribution in [0.1, 0.15) is 78.0 Å². The summed E-state index contributed by atoms with van der Waals surface area (Å²) in [6.07, 6.45) is 12.7. The molecule has 0 unspecified atom stereocenters. The van der Waals surface area contributed by atoms with E-state index in [2.05, 4.69) is 49.2 Å². The Balaban J connectivity index is 2.40. The number of aromatic nitrogens is 2. The molecule has 0 amide bonds. The van der Waals surface area contributed by atoms with Gasteiger partial charge in [0.05, 0.1) is 19.0 Å². The van der Waals surface area contributed by atoms with Gasteiger partial charge < -0.3 is 0 Å². The van der Waals surface area contributed by atoms with Crippen molar-refractivity contribution in [2.45, 2.75) is 85.2 Å². The molecule has 0 atom stereocenters. The second kappa shape index (κ2) is 8.34. The molecular weight excluding hydrogens is 220 g/mol. The highest BCUT2D eigenvalue weighted by Crippen LogP contribution is 2.11. The van der Waals surface area contributed by atoms with Crippen LogP contribution in [0.25, 0.3) is 0 Å². The quantitative estimate of drug-likeness (QED) is 0.457. The molecular formula is C16H31N2+. The van der Waals surface area contributed by atoms with Crippen LogP contribution in [0, 0.1) is 0 Å². The van der Waals surface area contributed by atoms with Crippen LogP contribution in [0.4, 0.5) is 0 Å². The largest absolute Gasteiger partial charge is 0.258 e. The van der Waals surface area contributed by atoms with E-state index in [4.69, 9.17) is 0 Å². The van der Waals surface area contributed by atoms with Gasteiger partial charge in [0, 0.05) is 0 Å². The van der Waals surface area contributed by atoms with E-state index in [9.17, 15) is 0 Å². The number of hydrogen-bond acceptors (Lipinski definition) is 0. The van der Waals surface area contributed by atoms with E-state index in [1.165, 1.54) is 50.9 Å². The van der Waals surface area contributed by atoms with E-state index >= 15 is 0 Å². The monoisotopic (exact) mass is 251 g/mol. The highest BCUT2D eigenvalue weighted by molar-refractivity contribution is 4.89. The summed E-state index contributed by atoms with van der Waals surface area (Å²) in [7, 11) is 0. The third-order valence-corrected chi connectivity index (χ3v) is 3.62. The van der Waals surface area contributed by atoms with Crippen molar-refractivity contribution in [1.29, 1.82) is 0 Å². The molecule has 0 aromatic carbocycles. The van der Waals surface area contributed by atoms with Crippen LogP contribution in [-0.2, 0) is 13.1 Å². The van der Waals surface area contributed by atoms with Crippen LogP contribution in [0.15, 0.2) is 12.4 Å². The molecule has 18 heavy (non-hydrogen) atoms. The third kappa shape index (κ3) is 4.47. The first kappa shape index (κ1) is 15.3. The van der Waals surface area contributed by atoms with Gasteiger partial charge in [-0.2, -0.15) is 0 Å². The number of imidazole rings is 1. The molecule has 0 saturated heterocycles. The van der Waals surface area contributed by atoms with Gasteiger partial charge in [-0.15, -0.1) is 0 Å². The molecule has 0 aliphatic rings. The molecule has 0 saturated carbocycles. The number of rotatable bonds is 9. The fraction of sp³-hybridized carbons (Fsp3) is 0.812. The predicted molar refractivity (Wildman–Crippen MR) is 77.8 cm³/mol. The molecule has 0 aliphatic carbocycles. The Morgan fingerprint density at radius 1 is 1.06 bits per heavy atom. The van der Waals surface area contributed by atoms with Crippen molar-refractivity contribution in [3.8, 4) is 0 Å². The Morgan fingerprint density at radius 3 is 2.33 bits per heavy atom. The van der Waals surface area contributed by atoms with Gasteiger partial charge in [0.15, 0.2) is 0 Å². The molecule has 0 radical (unpaired) electrons. The first-order chi connectivity index (χ1) is 8.70. The molecule has 1 heterocycles. The lowest BCUT2D eigenvalue weighted by Gasteiger charge is -2.06. The number of aryl methyl sites for hydroxylation is 2. The van der Waals surface area contributed by atoms with Crippen molar-refractivity contribution in [2.75, 3.05) is 0 Å². The Bertz CT molecular complexity index is 326. The summed E-state index contributed by atoms with van der Waals surface area (Å²) in [5.74, 6) is 2.09. The van der Waals surface area contributed by atoms with Gasteiger partial charge >= 0.3 is 0 Å². The fourth-order valence-electron chi connectivity index (χ4n) is 2.66. The van der Waals surface area contributed by atoms with Gasteiger partial charge in [0.1, 0.15) is 12.4 Å². The van der Waals surface area contributed by atoms with E-state index in [1.54, 1.807) is 0 Å². The first-order valence-corrected chi connectivity index (χ1v) is 7.79. The molecule has 2 nitrogen and oxygen atoms in total. The number of nitrogens with zero attached hydrogens (tertiary/aromatic N) is 2. The second-order valence-electron chi connectivity index (χ2n) is 5.56. The second-order valence-corrected chi connectivity index (χ2v) is 5.56. The predicted octanol–water partition coefficient (Wildman–Crippen LogP) is 4.28. The summed E-state index contributed by atoms with van der Waals surface area (Å²) in [5.41, 5.74) is 0. The minimum absolute atomic E-state index is 0.611. The maximum absolute atomic E-state index is 2.45. The zero-order chi connectivity index (χ0) is 13.4. The summed E-state index contributed by atoms with van der Waals surface area (Å²) in [6.45, 7) is 11.3. The minimum atomic E-state index is 0.611. The van der Waals surface area contributed by atoms with Crippen molar-refractivity contribution in [2.24, 2.45) is 0 Å². The highest BCUT2D eigenvalue weighted by Gasteiger charge is 2.18. The van der Waals surface area contributed by atoms with Gasteiger partial charge in [-0.3, -0.25) is 0 Å². The normalized spacial score (nSPS) is 11.4. The Labute approximate surface area is 113 Å². The zero-order valence-electron chi connectivity index (χ0n) is 12.8. The average Bonchev–Trinajstić information content (AvgIpc) is 2.76. The molecule has 2 heteroatoms. The summed E-state index contributed by atoms with van der Waals surface area (Å²) in [6, 6.07) is 0. The van der Waals surface area contributed by atoms with E-state index in [-0.39, 0.29) is 0 Å². The van der Waals surface area contributed by atoms with Crippen LogP contribution < -0.4 is 4.57 Å². The maximum Gasteiger partial charge on any atom is 0.258 e. The minimum Gasteiger partial charge on any atom is -0.234 e. The molecule has 1 rings (SSSR count). The molecule has 1 aromatic heterocycles. The summed E-state index contributed by atoms with van der Waals surface area (Å²) in [4.78, 5) is 0. The van der Waals surface area contributed by atoms with Crippen molar-refractivity contribution in [3.05, 3.63) is 18.2 Å². The highest BCUT2D eigenvalue weighted by atomic mass is 15.1. The van der Waals surface area contributed by atoms with Crippen molar-refractivity contribution >= 4 is 0 Å². The van der Waals surface area contributed by atoms with Crippen LogP contribution >= 0.6 is 0 Å². The lowest BCUT2D eigenvalue weighted by atomic mass is 10.1. The van der Waals surface area contributed by atoms with Crippen LogP contribution in [-0.4, -0.2) is 4.57 Å². The lowest BCUT2D eigenvalue weighted by Crippen LogP contribution is -2.38. The van der Waals surface area contributed by atoms with E-state index in [1.807, 2.05) is 0 Å². The Kier molecular flexibility index (Phi) is 7.07. The SMILES string of the molecule is CCCCCCCC[n+]1ccn(CC)c1C(C)C. The summed E-state index contributed by atoms with van der Waals surface area (Å²) in [5, 5.41) is 0. The number of unbranched alkanes of at least 4 members (excludes halogenated alkanes) is 5. The van der Waals surface area contributed by atoms with E-state index < -0.39 is 0 Å². The lowest BCUT2D eigenvalue weighted by molar-refractivity contribution is -0.705. The van der Waals surface area contributed by atoms with Crippen LogP contribution in [0.5, 0.6) is 0 Å². The fourth-order valence-corrected chi connectivity index (χ4v) is 2.66. The Morgan fingerprint density at radius 2 is 1.72 bits per heavy atom. The van der Waals surface area contributed by atoms with Gasteiger partial charge in [0.2, 0.25) is 0 Å². The van der Waals surface area contributed by atoms with Gasteiger partial charge in [-0.1, -0.05) is 46.5 Å². The van der Waals surface area contributed by atoms with Crippen molar-refractivity contribution in [1.82, 2.24) is 4.57 Å². The molecule has 1 aromatic rings. The van der Waals surface area contributed by atoms with Gasteiger partial charge in [0.25, 0.3) is 5.82 Å². The van der Waals surface area contributed by atoms with Crippen molar-refractivity contribution in [3.63, 3.8) is 0 Å². The van der Waals surface area contributed by atoms with Gasteiger partial charge in [-0.05, 0) is 19.8 Å². The van der Waals surface area contributed by atoms with E-state index in [0.29, 0.717) is 5.92 Å². The molecule has 104 valence electrons. The molecule has 0 aliphatic heterocycles. The number of hydrogen-bond donors (Lipinski definition) is 0. The topological polar surface area (TPSA) is 8.81 Å². The standard InChI is InChI=1S/C16H31N2/c1-5-7-8-9-10-11-12-18-14-13-17(6-2)16(18)15(3)4/h13-15H,5-12H2,1-4H3/q+1. The molecule has 0 N–H and O–H groups in total. The summed E-state index contributed by atoms with van der Waals surface area (Å²) >= 11 is 0. The summed E-state index contributed by atoms with van der Waals surface area (Å²) < 4.78 is 4.83. The smallest absolute Gasteiger partial charge is 0.234 e. The van der Waals surface area contributed by atoms with Crippen LogP contribution in [0.2, 0.25) is 0 Å². The zero-order valence-corrected chi connectivity index (χ0v) is 12.8. The average molecular weight is 251 g/mol. The molecule has 0 fully saturated rings. The maximum atomic E-state index is 2.45. The Hall–Kier alpha value is -0.790. The molecule has 0 bridgehead atoms.